The molecule has 1 aliphatic rings. The maximum absolute atomic E-state index is 12.3. The molecule has 2 heterocycles. The highest BCUT2D eigenvalue weighted by molar-refractivity contribution is 6.35. The zero-order valence-corrected chi connectivity index (χ0v) is 13.5. The first-order chi connectivity index (χ1) is 11.8. The Morgan fingerprint density at radius 3 is 2.79 bits per heavy atom. The number of hydrogen-bond acceptors (Lipinski definition) is 2. The number of carbonyl (C=O) groups is 1. The van der Waals surface area contributed by atoms with Crippen LogP contribution in [0.1, 0.15) is 11.1 Å². The summed E-state index contributed by atoms with van der Waals surface area (Å²) in [6.45, 7) is 1.43. The fraction of sp³-hybridized carbons (Fsp3) is 0.150. The lowest BCUT2D eigenvalue weighted by atomic mass is 10.0. The SMILES string of the molecule is COCCn1cc(C=C2C(=O)Nc3ccccc32)c2ccccc21. The highest BCUT2D eigenvalue weighted by Gasteiger charge is 2.23. The van der Waals surface area contributed by atoms with Gasteiger partial charge in [0, 0.05) is 53.1 Å². The molecule has 4 heteroatoms. The third kappa shape index (κ3) is 2.41. The molecule has 0 atom stereocenters. The molecule has 4 rings (SSSR count). The van der Waals surface area contributed by atoms with Crippen molar-refractivity contribution in [2.45, 2.75) is 6.54 Å². The lowest BCUT2D eigenvalue weighted by Gasteiger charge is -2.03. The van der Waals surface area contributed by atoms with Gasteiger partial charge >= 0.3 is 0 Å². The predicted octanol–water partition coefficient (Wildman–Crippen LogP) is 3.78. The molecular formula is C20H18N2O2. The molecule has 0 unspecified atom stereocenters. The topological polar surface area (TPSA) is 43.3 Å². The van der Waals surface area contributed by atoms with Crippen molar-refractivity contribution in [3.63, 3.8) is 0 Å². The van der Waals surface area contributed by atoms with Crippen molar-refractivity contribution in [1.29, 1.82) is 0 Å². The second-order valence-electron chi connectivity index (χ2n) is 5.85. The van der Waals surface area contributed by atoms with Crippen LogP contribution in [0.5, 0.6) is 0 Å². The van der Waals surface area contributed by atoms with E-state index in [9.17, 15) is 4.79 Å². The minimum Gasteiger partial charge on any atom is -0.383 e. The number of rotatable bonds is 4. The molecule has 0 aliphatic carbocycles. The fourth-order valence-corrected chi connectivity index (χ4v) is 3.20. The van der Waals surface area contributed by atoms with E-state index in [0.29, 0.717) is 12.2 Å². The van der Waals surface area contributed by atoms with Crippen molar-refractivity contribution in [2.75, 3.05) is 19.0 Å². The van der Waals surface area contributed by atoms with Gasteiger partial charge in [-0.3, -0.25) is 4.79 Å². The maximum Gasteiger partial charge on any atom is 0.256 e. The molecule has 3 aromatic rings. The quantitative estimate of drug-likeness (QED) is 0.744. The van der Waals surface area contributed by atoms with Crippen molar-refractivity contribution in [3.05, 3.63) is 65.9 Å². The number of para-hydroxylation sites is 2. The highest BCUT2D eigenvalue weighted by Crippen LogP contribution is 2.34. The molecule has 0 saturated heterocycles. The van der Waals surface area contributed by atoms with Gasteiger partial charge in [0.1, 0.15) is 0 Å². The van der Waals surface area contributed by atoms with Gasteiger partial charge in [-0.1, -0.05) is 36.4 Å². The molecule has 0 spiro atoms. The number of hydrogen-bond donors (Lipinski definition) is 1. The normalized spacial score (nSPS) is 15.0. The molecule has 0 bridgehead atoms. The molecule has 4 nitrogen and oxygen atoms in total. The summed E-state index contributed by atoms with van der Waals surface area (Å²) in [7, 11) is 1.70. The number of nitrogens with zero attached hydrogens (tertiary/aromatic N) is 1. The fourth-order valence-electron chi connectivity index (χ4n) is 3.20. The van der Waals surface area contributed by atoms with Crippen LogP contribution < -0.4 is 5.32 Å². The van der Waals surface area contributed by atoms with Gasteiger partial charge in [0.05, 0.1) is 6.61 Å². The number of carbonyl (C=O) groups excluding carboxylic acids is 1. The summed E-state index contributed by atoms with van der Waals surface area (Å²) in [4.78, 5) is 12.3. The smallest absolute Gasteiger partial charge is 0.256 e. The average Bonchev–Trinajstić information content (AvgIpc) is 3.12. The Hall–Kier alpha value is -2.85. The number of methoxy groups -OCH3 is 1. The van der Waals surface area contributed by atoms with Crippen LogP contribution in [0.25, 0.3) is 22.6 Å². The summed E-state index contributed by atoms with van der Waals surface area (Å²) in [6, 6.07) is 16.0. The number of ether oxygens (including phenoxy) is 1. The average molecular weight is 318 g/mol. The van der Waals surface area contributed by atoms with Gasteiger partial charge in [-0.2, -0.15) is 0 Å². The maximum atomic E-state index is 12.3. The Morgan fingerprint density at radius 2 is 1.92 bits per heavy atom. The third-order valence-electron chi connectivity index (χ3n) is 4.37. The first-order valence-corrected chi connectivity index (χ1v) is 7.97. The first kappa shape index (κ1) is 14.7. The van der Waals surface area contributed by atoms with Gasteiger partial charge in [0.15, 0.2) is 0 Å². The molecule has 0 radical (unpaired) electrons. The monoisotopic (exact) mass is 318 g/mol. The molecule has 1 N–H and O–H groups in total. The van der Waals surface area contributed by atoms with Crippen LogP contribution >= 0.6 is 0 Å². The molecule has 1 aromatic heterocycles. The summed E-state index contributed by atoms with van der Waals surface area (Å²) in [6.07, 6.45) is 4.07. The Kier molecular flexibility index (Phi) is 3.67. The van der Waals surface area contributed by atoms with E-state index < -0.39 is 0 Å². The van der Waals surface area contributed by atoms with Gasteiger partial charge in [-0.25, -0.2) is 0 Å². The van der Waals surface area contributed by atoms with Crippen LogP contribution in [0.3, 0.4) is 0 Å². The van der Waals surface area contributed by atoms with Crippen LogP contribution in [0.2, 0.25) is 0 Å². The minimum atomic E-state index is -0.0510. The first-order valence-electron chi connectivity index (χ1n) is 7.97. The second-order valence-corrected chi connectivity index (χ2v) is 5.85. The second kappa shape index (κ2) is 5.98. The van der Waals surface area contributed by atoms with Crippen LogP contribution in [0.15, 0.2) is 54.7 Å². The van der Waals surface area contributed by atoms with Crippen molar-refractivity contribution in [2.24, 2.45) is 0 Å². The molecule has 1 aliphatic heterocycles. The van der Waals surface area contributed by atoms with Gasteiger partial charge in [0.2, 0.25) is 0 Å². The minimum absolute atomic E-state index is 0.0510. The predicted molar refractivity (Wildman–Crippen MR) is 96.8 cm³/mol. The van der Waals surface area contributed by atoms with Crippen LogP contribution in [0.4, 0.5) is 5.69 Å². The van der Waals surface area contributed by atoms with E-state index in [4.69, 9.17) is 4.74 Å². The molecule has 24 heavy (non-hydrogen) atoms. The number of aromatic nitrogens is 1. The zero-order chi connectivity index (χ0) is 16.5. The van der Waals surface area contributed by atoms with Crippen molar-refractivity contribution in [3.8, 4) is 0 Å². The van der Waals surface area contributed by atoms with E-state index in [2.05, 4.69) is 28.2 Å². The standard InChI is InChI=1S/C20H18N2O2/c1-24-11-10-22-13-14(15-6-3-5-9-19(15)22)12-17-16-7-2-4-8-18(16)21-20(17)23/h2-9,12-13H,10-11H2,1H3,(H,21,23). The van der Waals surface area contributed by atoms with Crippen LogP contribution in [-0.4, -0.2) is 24.2 Å². The van der Waals surface area contributed by atoms with E-state index in [1.165, 1.54) is 0 Å². The largest absolute Gasteiger partial charge is 0.383 e. The van der Waals surface area contributed by atoms with Gasteiger partial charge in [0.25, 0.3) is 5.91 Å². The molecule has 120 valence electrons. The molecular weight excluding hydrogens is 300 g/mol. The number of benzene rings is 2. The van der Waals surface area contributed by atoms with Gasteiger partial charge in [-0.15, -0.1) is 0 Å². The Bertz CT molecular complexity index is 953. The van der Waals surface area contributed by atoms with Gasteiger partial charge < -0.3 is 14.6 Å². The zero-order valence-electron chi connectivity index (χ0n) is 13.5. The Morgan fingerprint density at radius 1 is 1.12 bits per heavy atom. The summed E-state index contributed by atoms with van der Waals surface area (Å²) in [5.74, 6) is -0.0510. The third-order valence-corrected chi connectivity index (χ3v) is 4.37. The van der Waals surface area contributed by atoms with Crippen LogP contribution in [-0.2, 0) is 16.1 Å². The Balaban J connectivity index is 1.84. The van der Waals surface area contributed by atoms with Crippen molar-refractivity contribution >= 4 is 34.1 Å². The number of anilines is 1. The summed E-state index contributed by atoms with van der Waals surface area (Å²) in [5, 5.41) is 4.06. The summed E-state index contributed by atoms with van der Waals surface area (Å²) in [5.41, 5.74) is 4.73. The van der Waals surface area contributed by atoms with Crippen LogP contribution in [0, 0.1) is 0 Å². The number of fused-ring (bicyclic) bond motifs is 2. The van der Waals surface area contributed by atoms with Crippen molar-refractivity contribution in [1.82, 2.24) is 4.57 Å². The number of nitrogens with one attached hydrogen (secondary N) is 1. The van der Waals surface area contributed by atoms with E-state index in [1.807, 2.05) is 42.5 Å². The molecule has 2 aromatic carbocycles. The Labute approximate surface area is 140 Å². The van der Waals surface area contributed by atoms with E-state index in [-0.39, 0.29) is 5.91 Å². The summed E-state index contributed by atoms with van der Waals surface area (Å²) >= 11 is 0. The van der Waals surface area contributed by atoms with Crippen molar-refractivity contribution < 1.29 is 9.53 Å². The lowest BCUT2D eigenvalue weighted by Crippen LogP contribution is -2.03. The molecule has 0 saturated carbocycles. The molecule has 1 amide bonds. The molecule has 0 fully saturated rings. The van der Waals surface area contributed by atoms with E-state index in [1.54, 1.807) is 7.11 Å². The number of amides is 1. The van der Waals surface area contributed by atoms with Gasteiger partial charge in [-0.05, 0) is 18.2 Å². The van der Waals surface area contributed by atoms with E-state index >= 15 is 0 Å². The summed E-state index contributed by atoms with van der Waals surface area (Å²) < 4.78 is 7.37. The highest BCUT2D eigenvalue weighted by atomic mass is 16.5. The van der Waals surface area contributed by atoms with E-state index in [0.717, 1.165) is 34.3 Å². The lowest BCUT2D eigenvalue weighted by molar-refractivity contribution is -0.110.